The summed E-state index contributed by atoms with van der Waals surface area (Å²) in [6.45, 7) is 3.90. The maximum atomic E-state index is 12.9. The van der Waals surface area contributed by atoms with Crippen LogP contribution >= 0.6 is 27.7 Å². The van der Waals surface area contributed by atoms with Crippen LogP contribution in [0.5, 0.6) is 0 Å². The van der Waals surface area contributed by atoms with Crippen LogP contribution in [0, 0.1) is 0 Å². The molecule has 5 rings (SSSR count). The van der Waals surface area contributed by atoms with Crippen molar-refractivity contribution in [3.8, 4) is 0 Å². The fourth-order valence-electron chi connectivity index (χ4n) is 4.02. The van der Waals surface area contributed by atoms with Gasteiger partial charge in [-0.1, -0.05) is 28.1 Å². The molecule has 2 aliphatic rings. The van der Waals surface area contributed by atoms with Crippen molar-refractivity contribution < 1.29 is 18.0 Å². The van der Waals surface area contributed by atoms with Gasteiger partial charge in [0.15, 0.2) is 5.17 Å². The number of carbonyl (C=O) groups excluding carboxylic acids is 1. The predicted molar refractivity (Wildman–Crippen MR) is 135 cm³/mol. The lowest BCUT2D eigenvalue weighted by atomic mass is 10.1. The van der Waals surface area contributed by atoms with Gasteiger partial charge < -0.3 is 9.80 Å². The third-order valence-corrected chi connectivity index (χ3v) is 7.83. The number of benzene rings is 2. The third kappa shape index (κ3) is 5.17. The van der Waals surface area contributed by atoms with Crippen molar-refractivity contribution in [1.29, 1.82) is 0 Å². The van der Waals surface area contributed by atoms with Crippen LogP contribution in [-0.4, -0.2) is 63.9 Å². The summed E-state index contributed by atoms with van der Waals surface area (Å²) in [5.74, 6) is -0.230. The molecule has 1 aromatic heterocycles. The minimum atomic E-state index is -4.39. The summed E-state index contributed by atoms with van der Waals surface area (Å²) in [6, 6.07) is 9.36. The fourth-order valence-corrected chi connectivity index (χ4v) is 5.49. The van der Waals surface area contributed by atoms with Crippen LogP contribution in [0.15, 0.2) is 57.0 Å². The number of aromatic nitrogens is 2. The fraction of sp³-hybridized carbons (Fsp3) is 0.292. The van der Waals surface area contributed by atoms with Crippen molar-refractivity contribution in [3.63, 3.8) is 0 Å². The zero-order valence-corrected chi connectivity index (χ0v) is 21.1. The second-order valence-electron chi connectivity index (χ2n) is 8.52. The van der Waals surface area contributed by atoms with Gasteiger partial charge in [-0.25, -0.2) is 0 Å². The molecule has 1 amide bonds. The van der Waals surface area contributed by atoms with E-state index in [0.29, 0.717) is 21.5 Å². The van der Waals surface area contributed by atoms with Crippen LogP contribution in [0.1, 0.15) is 16.7 Å². The molecule has 182 valence electrons. The molecule has 11 heteroatoms. The van der Waals surface area contributed by atoms with E-state index < -0.39 is 11.7 Å². The number of likely N-dealkylation sites (N-methyl/N-ethyl adjacent to an activating group) is 1. The number of fused-ring (bicyclic) bond motifs is 1. The number of nitrogens with zero attached hydrogens (tertiary/aromatic N) is 5. The molecule has 0 saturated carbocycles. The highest BCUT2D eigenvalue weighted by Gasteiger charge is 2.31. The van der Waals surface area contributed by atoms with Gasteiger partial charge in [-0.2, -0.15) is 23.3 Å². The molecule has 3 heterocycles. The van der Waals surface area contributed by atoms with Crippen molar-refractivity contribution in [3.05, 3.63) is 68.7 Å². The maximum Gasteiger partial charge on any atom is 0.416 e. The Morgan fingerprint density at radius 1 is 1.11 bits per heavy atom. The van der Waals surface area contributed by atoms with Crippen LogP contribution in [-0.2, 0) is 17.5 Å². The standard InChI is InChI=1S/C24H21BrF3N5OS/c1-31-6-8-32(9-7-31)23-30-22(34)21(35-23)11-15-2-5-20-17(10-15)13-29-33(20)14-16-3-4-18(12-19(16)25)24(26,27)28/h2-5,10-13H,6-9,14H2,1H3/b21-11-. The number of hydrogen-bond donors (Lipinski definition) is 0. The lowest BCUT2D eigenvalue weighted by Gasteiger charge is -2.32. The topological polar surface area (TPSA) is 53.7 Å². The summed E-state index contributed by atoms with van der Waals surface area (Å²) in [4.78, 5) is 21.7. The zero-order chi connectivity index (χ0) is 24.7. The van der Waals surface area contributed by atoms with Crippen molar-refractivity contribution in [2.45, 2.75) is 12.7 Å². The second-order valence-corrected chi connectivity index (χ2v) is 10.4. The van der Waals surface area contributed by atoms with Gasteiger partial charge >= 0.3 is 6.18 Å². The first kappa shape index (κ1) is 24.1. The Balaban J connectivity index is 1.32. The van der Waals surface area contributed by atoms with Crippen LogP contribution in [0.25, 0.3) is 17.0 Å². The van der Waals surface area contributed by atoms with Crippen molar-refractivity contribution in [2.24, 2.45) is 4.99 Å². The molecule has 0 radical (unpaired) electrons. The number of amides is 1. The summed E-state index contributed by atoms with van der Waals surface area (Å²) in [5, 5.41) is 6.05. The largest absolute Gasteiger partial charge is 0.416 e. The molecule has 3 aromatic rings. The lowest BCUT2D eigenvalue weighted by molar-refractivity contribution is -0.137. The summed E-state index contributed by atoms with van der Waals surface area (Å²) < 4.78 is 41.0. The molecular formula is C24H21BrF3N5OS. The van der Waals surface area contributed by atoms with Crippen LogP contribution in [0.4, 0.5) is 13.2 Å². The smallest absolute Gasteiger partial charge is 0.348 e. The normalized spacial score (nSPS) is 18.7. The van der Waals surface area contributed by atoms with E-state index in [1.165, 1.54) is 17.8 Å². The Kier molecular flexibility index (Phi) is 6.49. The number of carbonyl (C=O) groups is 1. The highest BCUT2D eigenvalue weighted by molar-refractivity contribution is 9.10. The SMILES string of the molecule is CN1CCN(C2=NC(=O)/C(=C/c3ccc4c(cnn4Cc4ccc(C(F)(F)F)cc4Br)c3)S2)CC1. The molecule has 2 aromatic carbocycles. The number of alkyl halides is 3. The van der Waals surface area contributed by atoms with E-state index in [1.54, 1.807) is 10.9 Å². The minimum absolute atomic E-state index is 0.230. The number of thioether (sulfide) groups is 1. The van der Waals surface area contributed by atoms with E-state index in [9.17, 15) is 18.0 Å². The van der Waals surface area contributed by atoms with Crippen molar-refractivity contribution in [2.75, 3.05) is 33.2 Å². The van der Waals surface area contributed by atoms with Crippen molar-refractivity contribution in [1.82, 2.24) is 19.6 Å². The molecule has 2 aliphatic heterocycles. The molecule has 35 heavy (non-hydrogen) atoms. The van der Waals surface area contributed by atoms with Gasteiger partial charge in [-0.05, 0) is 60.3 Å². The van der Waals surface area contributed by atoms with Gasteiger partial charge in [0.1, 0.15) is 0 Å². The van der Waals surface area contributed by atoms with Crippen LogP contribution < -0.4 is 0 Å². The molecule has 0 aliphatic carbocycles. The van der Waals surface area contributed by atoms with E-state index in [0.717, 1.165) is 59.9 Å². The van der Waals surface area contributed by atoms with Gasteiger partial charge in [0.2, 0.25) is 0 Å². The van der Waals surface area contributed by atoms with E-state index in [1.807, 2.05) is 24.3 Å². The van der Waals surface area contributed by atoms with Gasteiger partial charge in [0.05, 0.1) is 28.7 Å². The number of hydrogen-bond acceptors (Lipinski definition) is 5. The Hall–Kier alpha value is -2.63. The number of aliphatic imine (C=N–C) groups is 1. The quantitative estimate of drug-likeness (QED) is 0.416. The maximum absolute atomic E-state index is 12.9. The molecule has 0 N–H and O–H groups in total. The number of piperazine rings is 1. The van der Waals surface area contributed by atoms with Crippen molar-refractivity contribution >= 4 is 55.7 Å². The number of halogens is 4. The predicted octanol–water partition coefficient (Wildman–Crippen LogP) is 5.08. The Morgan fingerprint density at radius 3 is 2.60 bits per heavy atom. The Morgan fingerprint density at radius 2 is 1.89 bits per heavy atom. The first-order valence-electron chi connectivity index (χ1n) is 10.9. The summed E-state index contributed by atoms with van der Waals surface area (Å²) in [7, 11) is 2.08. The summed E-state index contributed by atoms with van der Waals surface area (Å²) in [6.07, 6.45) is -0.840. The molecule has 0 atom stereocenters. The van der Waals surface area contributed by atoms with Gasteiger partial charge in [-0.15, -0.1) is 0 Å². The molecule has 0 bridgehead atoms. The van der Waals surface area contributed by atoms with Crippen LogP contribution in [0.3, 0.4) is 0 Å². The highest BCUT2D eigenvalue weighted by Crippen LogP contribution is 2.33. The monoisotopic (exact) mass is 563 g/mol. The van der Waals surface area contributed by atoms with Gasteiger partial charge in [0.25, 0.3) is 5.91 Å². The molecule has 0 spiro atoms. The van der Waals surface area contributed by atoms with E-state index >= 15 is 0 Å². The zero-order valence-electron chi connectivity index (χ0n) is 18.7. The number of amidine groups is 1. The first-order valence-corrected chi connectivity index (χ1v) is 12.6. The Labute approximate surface area is 212 Å². The molecule has 1 saturated heterocycles. The highest BCUT2D eigenvalue weighted by atomic mass is 79.9. The third-order valence-electron chi connectivity index (χ3n) is 6.05. The van der Waals surface area contributed by atoms with Gasteiger partial charge in [-0.3, -0.25) is 9.48 Å². The lowest BCUT2D eigenvalue weighted by Crippen LogP contribution is -2.46. The second kappa shape index (κ2) is 9.44. The van der Waals surface area contributed by atoms with Crippen LogP contribution in [0.2, 0.25) is 0 Å². The van der Waals surface area contributed by atoms with E-state index in [2.05, 4.69) is 42.9 Å². The average Bonchev–Trinajstić information content (AvgIpc) is 3.38. The van der Waals surface area contributed by atoms with Gasteiger partial charge in [0, 0.05) is 36.0 Å². The molecular weight excluding hydrogens is 543 g/mol. The Bertz CT molecular complexity index is 1360. The van der Waals surface area contributed by atoms with E-state index in [4.69, 9.17) is 0 Å². The first-order chi connectivity index (χ1) is 16.7. The average molecular weight is 564 g/mol. The summed E-state index contributed by atoms with van der Waals surface area (Å²) in [5.41, 5.74) is 1.70. The molecule has 0 unspecified atom stereocenters. The molecule has 1 fully saturated rings. The van der Waals surface area contributed by atoms with E-state index in [-0.39, 0.29) is 5.91 Å². The minimum Gasteiger partial charge on any atom is -0.348 e. The summed E-state index contributed by atoms with van der Waals surface area (Å²) >= 11 is 4.65. The molecule has 6 nitrogen and oxygen atoms in total. The number of rotatable bonds is 3.